The predicted octanol–water partition coefficient (Wildman–Crippen LogP) is 4.70. The summed E-state index contributed by atoms with van der Waals surface area (Å²) in [6, 6.07) is 14.6. The van der Waals surface area contributed by atoms with Gasteiger partial charge in [-0.2, -0.15) is 0 Å². The second-order valence-electron chi connectivity index (χ2n) is 5.78. The lowest BCUT2D eigenvalue weighted by Gasteiger charge is -2.12. The lowest BCUT2D eigenvalue weighted by molar-refractivity contribution is 0.102. The molecule has 1 atom stereocenters. The highest BCUT2D eigenvalue weighted by atomic mass is 16.3. The number of aryl methyl sites for hydroxylation is 1. The Morgan fingerprint density at radius 3 is 2.30 bits per heavy atom. The maximum atomic E-state index is 12.5. The van der Waals surface area contributed by atoms with Crippen molar-refractivity contribution in [3.63, 3.8) is 0 Å². The first-order valence-electron chi connectivity index (χ1n) is 7.54. The Bertz CT molecular complexity index is 843. The molecule has 3 heteroatoms. The van der Waals surface area contributed by atoms with Gasteiger partial charge in [0.25, 0.3) is 0 Å². The lowest BCUT2D eigenvalue weighted by atomic mass is 9.94. The maximum absolute atomic E-state index is 12.5. The quantitative estimate of drug-likeness (QED) is 0.808. The Hall–Kier alpha value is -2.81. The molecule has 0 heterocycles. The van der Waals surface area contributed by atoms with Crippen LogP contribution in [0.15, 0.2) is 59.9 Å². The highest BCUT2D eigenvalue weighted by molar-refractivity contribution is 6.20. The summed E-state index contributed by atoms with van der Waals surface area (Å²) in [5.41, 5.74) is 3.18. The molecule has 1 aliphatic rings. The summed E-state index contributed by atoms with van der Waals surface area (Å²) in [7, 11) is 0. The van der Waals surface area contributed by atoms with Gasteiger partial charge in [-0.15, -0.1) is 0 Å². The van der Waals surface area contributed by atoms with Crippen molar-refractivity contribution in [2.24, 2.45) is 5.92 Å². The van der Waals surface area contributed by atoms with E-state index < -0.39 is 5.92 Å². The van der Waals surface area contributed by atoms with E-state index in [2.05, 4.69) is 0 Å². The number of aliphatic hydroxyl groups is 2. The predicted molar refractivity (Wildman–Crippen MR) is 91.3 cm³/mol. The molecule has 0 spiro atoms. The topological polar surface area (TPSA) is 57.5 Å². The van der Waals surface area contributed by atoms with E-state index in [4.69, 9.17) is 0 Å². The molecular weight excluding hydrogens is 288 g/mol. The van der Waals surface area contributed by atoms with E-state index in [-0.39, 0.29) is 22.9 Å². The van der Waals surface area contributed by atoms with Crippen LogP contribution in [0.5, 0.6) is 0 Å². The summed E-state index contributed by atoms with van der Waals surface area (Å²) in [4.78, 5) is 12.5. The zero-order chi connectivity index (χ0) is 16.6. The molecule has 3 nitrogen and oxygen atoms in total. The first kappa shape index (κ1) is 15.1. The Morgan fingerprint density at radius 1 is 1.04 bits per heavy atom. The van der Waals surface area contributed by atoms with Crippen LogP contribution in [0.3, 0.4) is 0 Å². The molecule has 0 aromatic heterocycles. The van der Waals surface area contributed by atoms with Gasteiger partial charge < -0.3 is 10.2 Å². The first-order valence-corrected chi connectivity index (χ1v) is 7.54. The van der Waals surface area contributed by atoms with Crippen molar-refractivity contribution in [3.8, 4) is 0 Å². The second kappa shape index (κ2) is 5.76. The summed E-state index contributed by atoms with van der Waals surface area (Å²) >= 11 is 0. The molecule has 2 N–H and O–H groups in total. The molecule has 1 aliphatic carbocycles. The SMILES string of the molecule is Cc1ccccc1/C=C(/O)C(C)C1=C(O)c2ccccc2C1=O. The van der Waals surface area contributed by atoms with E-state index in [1.54, 1.807) is 37.3 Å². The molecule has 3 rings (SSSR count). The van der Waals surface area contributed by atoms with Crippen LogP contribution in [0, 0.1) is 12.8 Å². The molecule has 0 bridgehead atoms. The third-order valence-electron chi connectivity index (χ3n) is 4.30. The van der Waals surface area contributed by atoms with Crippen molar-refractivity contribution >= 4 is 17.6 Å². The smallest absolute Gasteiger partial charge is 0.194 e. The van der Waals surface area contributed by atoms with Gasteiger partial charge in [0, 0.05) is 17.0 Å². The molecule has 0 aliphatic heterocycles. The number of fused-ring (bicyclic) bond motifs is 1. The van der Waals surface area contributed by atoms with E-state index in [1.165, 1.54) is 0 Å². The number of allylic oxidation sites excluding steroid dienone is 1. The first-order chi connectivity index (χ1) is 11.0. The van der Waals surface area contributed by atoms with Crippen molar-refractivity contribution in [2.75, 3.05) is 0 Å². The van der Waals surface area contributed by atoms with Gasteiger partial charge in [-0.1, -0.05) is 55.5 Å². The van der Waals surface area contributed by atoms with Crippen LogP contribution in [0.4, 0.5) is 0 Å². The van der Waals surface area contributed by atoms with Gasteiger partial charge in [0.15, 0.2) is 5.78 Å². The number of rotatable bonds is 3. The number of hydrogen-bond acceptors (Lipinski definition) is 3. The van der Waals surface area contributed by atoms with Gasteiger partial charge in [-0.25, -0.2) is 0 Å². The molecule has 0 radical (unpaired) electrons. The summed E-state index contributed by atoms with van der Waals surface area (Å²) in [6.07, 6.45) is 1.65. The molecule has 0 amide bonds. The Balaban J connectivity index is 1.98. The van der Waals surface area contributed by atoms with Gasteiger partial charge in [0.05, 0.1) is 5.57 Å². The van der Waals surface area contributed by atoms with Gasteiger partial charge in [-0.3, -0.25) is 4.79 Å². The van der Waals surface area contributed by atoms with E-state index in [0.717, 1.165) is 11.1 Å². The minimum absolute atomic E-state index is 0.0390. The van der Waals surface area contributed by atoms with Crippen LogP contribution in [0.1, 0.15) is 34.0 Å². The third-order valence-corrected chi connectivity index (χ3v) is 4.30. The van der Waals surface area contributed by atoms with Crippen molar-refractivity contribution in [3.05, 3.63) is 82.1 Å². The number of carbonyl (C=O) groups excluding carboxylic acids is 1. The molecule has 2 aromatic carbocycles. The van der Waals surface area contributed by atoms with Gasteiger partial charge in [0.1, 0.15) is 11.5 Å². The van der Waals surface area contributed by atoms with Gasteiger partial charge in [0.2, 0.25) is 0 Å². The van der Waals surface area contributed by atoms with Crippen LogP contribution >= 0.6 is 0 Å². The van der Waals surface area contributed by atoms with Crippen molar-refractivity contribution in [2.45, 2.75) is 13.8 Å². The molecule has 116 valence electrons. The maximum Gasteiger partial charge on any atom is 0.194 e. The number of carbonyl (C=O) groups is 1. The van der Waals surface area contributed by atoms with Gasteiger partial charge in [-0.05, 0) is 24.1 Å². The Labute approximate surface area is 135 Å². The number of Topliss-reactive ketones (excluding diaryl/α,β-unsaturated/α-hetero) is 1. The highest BCUT2D eigenvalue weighted by Crippen LogP contribution is 2.37. The molecule has 0 fully saturated rings. The minimum atomic E-state index is -0.575. The summed E-state index contributed by atoms with van der Waals surface area (Å²) in [5.74, 6) is -0.783. The van der Waals surface area contributed by atoms with E-state index in [9.17, 15) is 15.0 Å². The third kappa shape index (κ3) is 2.55. The number of hydrogen-bond donors (Lipinski definition) is 2. The van der Waals surface area contributed by atoms with Gasteiger partial charge >= 0.3 is 0 Å². The number of ketones is 1. The number of benzene rings is 2. The number of aliphatic hydroxyl groups excluding tert-OH is 2. The average Bonchev–Trinajstić information content (AvgIpc) is 2.81. The lowest BCUT2D eigenvalue weighted by Crippen LogP contribution is -2.10. The van der Waals surface area contributed by atoms with E-state index in [0.29, 0.717) is 11.1 Å². The Kier molecular flexibility index (Phi) is 3.78. The standard InChI is InChI=1S/C20H18O3/c1-12-7-3-4-8-14(12)11-17(21)13(2)18-19(22)15-9-5-6-10-16(15)20(18)23/h3-11,13,21-22H,1-2H3/b17-11+. The van der Waals surface area contributed by atoms with E-state index >= 15 is 0 Å². The van der Waals surface area contributed by atoms with Crippen LogP contribution in [0.2, 0.25) is 0 Å². The summed E-state index contributed by atoms with van der Waals surface area (Å²) in [5, 5.41) is 20.8. The fourth-order valence-electron chi connectivity index (χ4n) is 2.87. The highest BCUT2D eigenvalue weighted by Gasteiger charge is 2.33. The summed E-state index contributed by atoms with van der Waals surface area (Å²) in [6.45, 7) is 3.68. The molecule has 23 heavy (non-hydrogen) atoms. The van der Waals surface area contributed by atoms with Crippen molar-refractivity contribution in [1.29, 1.82) is 0 Å². The molecule has 0 saturated carbocycles. The van der Waals surface area contributed by atoms with Crippen LogP contribution in [-0.2, 0) is 0 Å². The zero-order valence-corrected chi connectivity index (χ0v) is 13.1. The minimum Gasteiger partial charge on any atom is -0.512 e. The normalized spacial score (nSPS) is 15.7. The van der Waals surface area contributed by atoms with Crippen LogP contribution in [-0.4, -0.2) is 16.0 Å². The monoisotopic (exact) mass is 306 g/mol. The fourth-order valence-corrected chi connectivity index (χ4v) is 2.87. The molecular formula is C20H18O3. The van der Waals surface area contributed by atoms with Crippen LogP contribution < -0.4 is 0 Å². The molecule has 2 aromatic rings. The molecule has 0 saturated heterocycles. The largest absolute Gasteiger partial charge is 0.512 e. The second-order valence-corrected chi connectivity index (χ2v) is 5.78. The average molecular weight is 306 g/mol. The zero-order valence-electron chi connectivity index (χ0n) is 13.1. The van der Waals surface area contributed by atoms with E-state index in [1.807, 2.05) is 31.2 Å². The van der Waals surface area contributed by atoms with Crippen LogP contribution in [0.25, 0.3) is 11.8 Å². The fraction of sp³-hybridized carbons (Fsp3) is 0.150. The van der Waals surface area contributed by atoms with Crippen molar-refractivity contribution in [1.82, 2.24) is 0 Å². The Morgan fingerprint density at radius 2 is 1.65 bits per heavy atom. The summed E-state index contributed by atoms with van der Waals surface area (Å²) < 4.78 is 0. The molecule has 1 unspecified atom stereocenters. The van der Waals surface area contributed by atoms with Crippen molar-refractivity contribution < 1.29 is 15.0 Å².